The molecule has 3 rings (SSSR count). The van der Waals surface area contributed by atoms with E-state index >= 15 is 0 Å². The number of nitrogens with one attached hydrogen (secondary N) is 2. The number of amides is 2. The van der Waals surface area contributed by atoms with Gasteiger partial charge in [0.15, 0.2) is 0 Å². The van der Waals surface area contributed by atoms with E-state index < -0.39 is 10.2 Å². The first-order valence-electron chi connectivity index (χ1n) is 7.81. The summed E-state index contributed by atoms with van der Waals surface area (Å²) in [5.41, 5.74) is 1.06. The molecule has 9 heteroatoms. The highest BCUT2D eigenvalue weighted by molar-refractivity contribution is 7.87. The van der Waals surface area contributed by atoms with E-state index in [1.54, 1.807) is 11.2 Å². The zero-order chi connectivity index (χ0) is 16.4. The Morgan fingerprint density at radius 3 is 2.74 bits per heavy atom. The minimum Gasteiger partial charge on any atom is -0.469 e. The van der Waals surface area contributed by atoms with E-state index in [4.69, 9.17) is 4.42 Å². The van der Waals surface area contributed by atoms with Gasteiger partial charge < -0.3 is 14.6 Å². The molecule has 2 heterocycles. The van der Waals surface area contributed by atoms with Crippen LogP contribution in [0.3, 0.4) is 0 Å². The van der Waals surface area contributed by atoms with Crippen LogP contribution in [0.15, 0.2) is 16.7 Å². The summed E-state index contributed by atoms with van der Waals surface area (Å²) in [4.78, 5) is 14.1. The minimum atomic E-state index is -3.42. The van der Waals surface area contributed by atoms with Crippen molar-refractivity contribution in [1.29, 1.82) is 0 Å². The van der Waals surface area contributed by atoms with E-state index in [2.05, 4.69) is 10.0 Å². The maximum atomic E-state index is 12.4. The van der Waals surface area contributed by atoms with Crippen molar-refractivity contribution in [3.05, 3.63) is 23.7 Å². The molecule has 0 bridgehead atoms. The van der Waals surface area contributed by atoms with Gasteiger partial charge >= 0.3 is 6.03 Å². The Morgan fingerprint density at radius 1 is 1.30 bits per heavy atom. The first-order valence-corrected chi connectivity index (χ1v) is 9.25. The van der Waals surface area contributed by atoms with Crippen LogP contribution in [-0.4, -0.2) is 56.9 Å². The number of nitrogens with zero attached hydrogens (tertiary/aromatic N) is 2. The molecule has 2 N–H and O–H groups in total. The smallest absolute Gasteiger partial charge is 0.317 e. The Balaban J connectivity index is 1.57. The maximum Gasteiger partial charge on any atom is 0.317 e. The van der Waals surface area contributed by atoms with E-state index in [-0.39, 0.29) is 12.1 Å². The van der Waals surface area contributed by atoms with Crippen molar-refractivity contribution in [1.82, 2.24) is 19.2 Å². The largest absolute Gasteiger partial charge is 0.469 e. The number of rotatable bonds is 3. The van der Waals surface area contributed by atoms with Crippen molar-refractivity contribution in [3.8, 4) is 0 Å². The van der Waals surface area contributed by atoms with Gasteiger partial charge in [-0.25, -0.2) is 9.52 Å². The Morgan fingerprint density at radius 2 is 2.04 bits per heavy atom. The average molecular weight is 342 g/mol. The highest BCUT2D eigenvalue weighted by Crippen LogP contribution is 2.30. The lowest BCUT2D eigenvalue weighted by atomic mass is 9.93. The van der Waals surface area contributed by atoms with Crippen molar-refractivity contribution >= 4 is 16.2 Å². The molecule has 1 atom stereocenters. The minimum absolute atomic E-state index is 0.0240. The molecule has 1 saturated heterocycles. The number of furan rings is 1. The van der Waals surface area contributed by atoms with Crippen LogP contribution in [0.25, 0.3) is 0 Å². The fourth-order valence-corrected chi connectivity index (χ4v) is 4.04. The second-order valence-corrected chi connectivity index (χ2v) is 7.66. The van der Waals surface area contributed by atoms with Crippen LogP contribution >= 0.6 is 0 Å². The third-order valence-corrected chi connectivity index (χ3v) is 6.03. The Bertz CT molecular complexity index is 664. The first-order chi connectivity index (χ1) is 11.0. The molecule has 1 aliphatic heterocycles. The third kappa shape index (κ3) is 3.36. The standard InChI is InChI=1S/C14H22N4O4S/c1-15-23(20,21)18-8-6-17(7-9-18)14(19)16-12-3-2-4-13-11(12)5-10-22-13/h5,10,12,15H,2-4,6-9H2,1H3,(H,16,19)/t12-/m1/s1. The number of fused-ring (bicyclic) bond motifs is 1. The molecule has 0 unspecified atom stereocenters. The second kappa shape index (κ2) is 6.50. The number of carbonyl (C=O) groups excluding carboxylic acids is 1. The number of carbonyl (C=O) groups is 1. The maximum absolute atomic E-state index is 12.4. The zero-order valence-electron chi connectivity index (χ0n) is 13.1. The fourth-order valence-electron chi connectivity index (χ4n) is 3.14. The van der Waals surface area contributed by atoms with Crippen molar-refractivity contribution in [2.45, 2.75) is 25.3 Å². The lowest BCUT2D eigenvalue weighted by molar-refractivity contribution is 0.167. The summed E-state index contributed by atoms with van der Waals surface area (Å²) >= 11 is 0. The predicted octanol–water partition coefficient (Wildman–Crippen LogP) is 0.448. The van der Waals surface area contributed by atoms with E-state index in [1.807, 2.05) is 6.07 Å². The summed E-state index contributed by atoms with van der Waals surface area (Å²) in [5, 5.41) is 3.04. The fraction of sp³-hybridized carbons (Fsp3) is 0.643. The summed E-state index contributed by atoms with van der Waals surface area (Å²) in [6.45, 7) is 1.38. The van der Waals surface area contributed by atoms with Crippen molar-refractivity contribution in [2.75, 3.05) is 33.2 Å². The van der Waals surface area contributed by atoms with Gasteiger partial charge in [0.1, 0.15) is 5.76 Å². The summed E-state index contributed by atoms with van der Waals surface area (Å²) in [6.07, 6.45) is 4.46. The second-order valence-electron chi connectivity index (χ2n) is 5.79. The van der Waals surface area contributed by atoms with E-state index in [0.717, 1.165) is 30.6 Å². The Hall–Kier alpha value is -1.58. The van der Waals surface area contributed by atoms with Gasteiger partial charge in [0, 0.05) is 45.2 Å². The molecule has 2 amide bonds. The molecular weight excluding hydrogens is 320 g/mol. The van der Waals surface area contributed by atoms with Crippen LogP contribution in [0, 0.1) is 0 Å². The summed E-state index contributed by atoms with van der Waals surface area (Å²) in [7, 11) is -2.03. The van der Waals surface area contributed by atoms with Gasteiger partial charge in [-0.2, -0.15) is 12.7 Å². The SMILES string of the molecule is CNS(=O)(=O)N1CCN(C(=O)N[C@@H]2CCCc3occc32)CC1. The lowest BCUT2D eigenvalue weighted by Crippen LogP contribution is -2.55. The molecule has 0 radical (unpaired) electrons. The molecule has 1 aliphatic carbocycles. The van der Waals surface area contributed by atoms with Gasteiger partial charge in [-0.15, -0.1) is 0 Å². The highest BCUT2D eigenvalue weighted by Gasteiger charge is 2.30. The summed E-state index contributed by atoms with van der Waals surface area (Å²) in [6, 6.07) is 1.74. The summed E-state index contributed by atoms with van der Waals surface area (Å²) < 4.78 is 32.6. The molecule has 8 nitrogen and oxygen atoms in total. The van der Waals surface area contributed by atoms with Crippen LogP contribution < -0.4 is 10.0 Å². The topological polar surface area (TPSA) is 94.9 Å². The number of piperazine rings is 1. The molecule has 1 aromatic rings. The molecule has 2 aliphatic rings. The van der Waals surface area contributed by atoms with Crippen LogP contribution in [0.1, 0.15) is 30.2 Å². The normalized spacial score (nSPS) is 22.7. The number of hydrogen-bond acceptors (Lipinski definition) is 4. The van der Waals surface area contributed by atoms with E-state index in [9.17, 15) is 13.2 Å². The van der Waals surface area contributed by atoms with Gasteiger partial charge in [0.25, 0.3) is 10.2 Å². The Labute approximate surface area is 136 Å². The van der Waals surface area contributed by atoms with E-state index in [0.29, 0.717) is 26.2 Å². The molecular formula is C14H22N4O4S. The van der Waals surface area contributed by atoms with Crippen LogP contribution in [0.5, 0.6) is 0 Å². The Kier molecular flexibility index (Phi) is 4.60. The predicted molar refractivity (Wildman–Crippen MR) is 84.0 cm³/mol. The van der Waals surface area contributed by atoms with Crippen LogP contribution in [0.2, 0.25) is 0 Å². The molecule has 0 spiro atoms. The van der Waals surface area contributed by atoms with Gasteiger partial charge in [0.2, 0.25) is 0 Å². The number of urea groups is 1. The molecule has 0 saturated carbocycles. The number of aryl methyl sites for hydroxylation is 1. The quantitative estimate of drug-likeness (QED) is 0.834. The monoisotopic (exact) mass is 342 g/mol. The van der Waals surface area contributed by atoms with Crippen LogP contribution in [-0.2, 0) is 16.6 Å². The molecule has 1 aromatic heterocycles. The molecule has 128 valence electrons. The van der Waals surface area contributed by atoms with Crippen LogP contribution in [0.4, 0.5) is 4.79 Å². The first kappa shape index (κ1) is 16.3. The van der Waals surface area contributed by atoms with Gasteiger partial charge in [-0.1, -0.05) is 0 Å². The van der Waals surface area contributed by atoms with Gasteiger partial charge in [-0.3, -0.25) is 0 Å². The van der Waals surface area contributed by atoms with E-state index in [1.165, 1.54) is 11.4 Å². The highest BCUT2D eigenvalue weighted by atomic mass is 32.2. The summed E-state index contributed by atoms with van der Waals surface area (Å²) in [5.74, 6) is 0.950. The third-order valence-electron chi connectivity index (χ3n) is 4.47. The molecule has 1 fully saturated rings. The van der Waals surface area contributed by atoms with Gasteiger partial charge in [-0.05, 0) is 18.9 Å². The molecule has 23 heavy (non-hydrogen) atoms. The van der Waals surface area contributed by atoms with Crippen molar-refractivity contribution in [2.24, 2.45) is 0 Å². The van der Waals surface area contributed by atoms with Crippen molar-refractivity contribution < 1.29 is 17.6 Å². The van der Waals surface area contributed by atoms with Crippen molar-refractivity contribution in [3.63, 3.8) is 0 Å². The molecule has 0 aromatic carbocycles. The average Bonchev–Trinajstić information content (AvgIpc) is 3.04. The van der Waals surface area contributed by atoms with Gasteiger partial charge in [0.05, 0.1) is 12.3 Å². The number of hydrogen-bond donors (Lipinski definition) is 2. The lowest BCUT2D eigenvalue weighted by Gasteiger charge is -2.35. The zero-order valence-corrected chi connectivity index (χ0v) is 13.9.